The summed E-state index contributed by atoms with van der Waals surface area (Å²) in [5, 5.41) is 2.84. The van der Waals surface area contributed by atoms with Gasteiger partial charge in [0.25, 0.3) is 5.91 Å². The highest BCUT2D eigenvalue weighted by Gasteiger charge is 2.37. The second-order valence-corrected chi connectivity index (χ2v) is 6.46. The average molecular weight is 319 g/mol. The highest BCUT2D eigenvalue weighted by molar-refractivity contribution is 7.71. The molecule has 2 fully saturated rings. The van der Waals surface area contributed by atoms with Gasteiger partial charge in [-0.25, -0.2) is 0 Å². The molecule has 2 amide bonds. The number of hydrogen-bond donors (Lipinski definition) is 2. The van der Waals surface area contributed by atoms with E-state index in [4.69, 9.17) is 12.2 Å². The van der Waals surface area contributed by atoms with Crippen LogP contribution in [0.15, 0.2) is 18.3 Å². The van der Waals surface area contributed by atoms with Crippen molar-refractivity contribution < 1.29 is 9.59 Å². The fourth-order valence-electron chi connectivity index (χ4n) is 3.43. The summed E-state index contributed by atoms with van der Waals surface area (Å²) < 4.78 is 0.398. The summed E-state index contributed by atoms with van der Waals surface area (Å²) in [5.41, 5.74) is 0.418. The Labute approximate surface area is 135 Å². The van der Waals surface area contributed by atoms with E-state index in [1.165, 1.54) is 19.3 Å². The third-order valence-corrected chi connectivity index (χ3v) is 4.96. The van der Waals surface area contributed by atoms with Gasteiger partial charge >= 0.3 is 0 Å². The number of aromatic amines is 1. The lowest BCUT2D eigenvalue weighted by Gasteiger charge is -2.31. The molecule has 5 nitrogen and oxygen atoms in total. The Balaban J connectivity index is 1.64. The molecule has 1 saturated heterocycles. The monoisotopic (exact) mass is 319 g/mol. The predicted molar refractivity (Wildman–Crippen MR) is 86.1 cm³/mol. The van der Waals surface area contributed by atoms with Gasteiger partial charge in [-0.1, -0.05) is 31.5 Å². The smallest absolute Gasteiger partial charge is 0.254 e. The molecule has 118 valence electrons. The number of carbonyl (C=O) groups excluding carboxylic acids is 2. The van der Waals surface area contributed by atoms with Gasteiger partial charge in [0.15, 0.2) is 0 Å². The molecule has 3 rings (SSSR count). The van der Waals surface area contributed by atoms with Crippen LogP contribution in [-0.4, -0.2) is 40.3 Å². The van der Waals surface area contributed by atoms with Crippen LogP contribution in [0.3, 0.4) is 0 Å². The van der Waals surface area contributed by atoms with Crippen molar-refractivity contribution in [1.82, 2.24) is 15.2 Å². The molecular formula is C16H21N3O2S. The zero-order valence-electron chi connectivity index (χ0n) is 12.5. The SMILES string of the molecule is O=C(NC1CCN(C2CCCCC2)C1=O)c1ccc[nH]c1=S. The van der Waals surface area contributed by atoms with Gasteiger partial charge in [-0.3, -0.25) is 9.59 Å². The summed E-state index contributed by atoms with van der Waals surface area (Å²) in [6.45, 7) is 0.746. The molecule has 1 saturated carbocycles. The van der Waals surface area contributed by atoms with Crippen LogP contribution in [0.4, 0.5) is 0 Å². The number of pyridine rings is 1. The van der Waals surface area contributed by atoms with E-state index in [1.807, 2.05) is 4.90 Å². The van der Waals surface area contributed by atoms with E-state index in [9.17, 15) is 9.59 Å². The fourth-order valence-corrected chi connectivity index (χ4v) is 3.66. The normalized spacial score (nSPS) is 22.8. The minimum atomic E-state index is -0.413. The van der Waals surface area contributed by atoms with Crippen LogP contribution in [0.5, 0.6) is 0 Å². The van der Waals surface area contributed by atoms with Crippen molar-refractivity contribution in [3.05, 3.63) is 28.5 Å². The van der Waals surface area contributed by atoms with Crippen molar-refractivity contribution >= 4 is 24.0 Å². The van der Waals surface area contributed by atoms with Crippen LogP contribution in [0, 0.1) is 4.64 Å². The van der Waals surface area contributed by atoms with Crippen molar-refractivity contribution in [3.63, 3.8) is 0 Å². The molecule has 0 aromatic carbocycles. The van der Waals surface area contributed by atoms with Crippen LogP contribution < -0.4 is 5.32 Å². The first-order valence-corrected chi connectivity index (χ1v) is 8.36. The van der Waals surface area contributed by atoms with E-state index in [-0.39, 0.29) is 11.8 Å². The van der Waals surface area contributed by atoms with Gasteiger partial charge in [-0.15, -0.1) is 0 Å². The van der Waals surface area contributed by atoms with Gasteiger partial charge < -0.3 is 15.2 Å². The second kappa shape index (κ2) is 6.60. The van der Waals surface area contributed by atoms with E-state index in [0.29, 0.717) is 22.7 Å². The highest BCUT2D eigenvalue weighted by atomic mass is 32.1. The lowest BCUT2D eigenvalue weighted by molar-refractivity contribution is -0.131. The topological polar surface area (TPSA) is 65.2 Å². The van der Waals surface area contributed by atoms with E-state index in [2.05, 4.69) is 10.3 Å². The van der Waals surface area contributed by atoms with Crippen LogP contribution in [0.2, 0.25) is 0 Å². The van der Waals surface area contributed by atoms with Crippen molar-refractivity contribution in [3.8, 4) is 0 Å². The van der Waals surface area contributed by atoms with Gasteiger partial charge in [0.05, 0.1) is 5.56 Å². The summed E-state index contributed by atoms with van der Waals surface area (Å²) >= 11 is 5.11. The van der Waals surface area contributed by atoms with Crippen LogP contribution in [-0.2, 0) is 4.79 Å². The van der Waals surface area contributed by atoms with Gasteiger partial charge in [0.1, 0.15) is 10.7 Å². The fraction of sp³-hybridized carbons (Fsp3) is 0.562. The molecule has 2 aliphatic rings. The van der Waals surface area contributed by atoms with E-state index < -0.39 is 6.04 Å². The van der Waals surface area contributed by atoms with E-state index in [0.717, 1.165) is 19.4 Å². The van der Waals surface area contributed by atoms with E-state index >= 15 is 0 Å². The lowest BCUT2D eigenvalue weighted by atomic mass is 9.94. The molecule has 22 heavy (non-hydrogen) atoms. The largest absolute Gasteiger partial charge is 0.352 e. The first kappa shape index (κ1) is 15.2. The third-order valence-electron chi connectivity index (χ3n) is 4.62. The average Bonchev–Trinajstić information content (AvgIpc) is 2.89. The van der Waals surface area contributed by atoms with Gasteiger partial charge in [-0.2, -0.15) is 0 Å². The molecule has 0 radical (unpaired) electrons. The van der Waals surface area contributed by atoms with Gasteiger partial charge in [0, 0.05) is 18.8 Å². The minimum Gasteiger partial charge on any atom is -0.352 e. The molecule has 0 bridgehead atoms. The zero-order chi connectivity index (χ0) is 15.5. The van der Waals surface area contributed by atoms with Crippen LogP contribution in [0.1, 0.15) is 48.9 Å². The first-order chi connectivity index (χ1) is 10.7. The number of hydrogen-bond acceptors (Lipinski definition) is 3. The van der Waals surface area contributed by atoms with Crippen LogP contribution >= 0.6 is 12.2 Å². The number of H-pyrrole nitrogens is 1. The Bertz CT molecular complexity index is 622. The van der Waals surface area contributed by atoms with Gasteiger partial charge in [-0.05, 0) is 31.4 Å². The molecule has 2 heterocycles. The Morgan fingerprint density at radius 2 is 2.05 bits per heavy atom. The molecular weight excluding hydrogens is 298 g/mol. The number of aromatic nitrogens is 1. The first-order valence-electron chi connectivity index (χ1n) is 7.96. The quantitative estimate of drug-likeness (QED) is 0.841. The maximum absolute atomic E-state index is 12.5. The summed E-state index contributed by atoms with van der Waals surface area (Å²) in [4.78, 5) is 29.6. The Kier molecular flexibility index (Phi) is 4.57. The number of amides is 2. The molecule has 1 aromatic heterocycles. The van der Waals surface area contributed by atoms with Crippen LogP contribution in [0.25, 0.3) is 0 Å². The molecule has 1 aromatic rings. The lowest BCUT2D eigenvalue weighted by Crippen LogP contribution is -2.45. The molecule has 1 unspecified atom stereocenters. The molecule has 1 atom stereocenters. The number of rotatable bonds is 3. The molecule has 0 spiro atoms. The standard InChI is InChI=1S/C16H21N3O2S/c20-14(12-7-4-9-17-15(12)22)18-13-8-10-19(16(13)21)11-5-2-1-3-6-11/h4,7,9,11,13H,1-3,5-6,8,10H2,(H,17,22)(H,18,20). The summed E-state index contributed by atoms with van der Waals surface area (Å²) in [5.74, 6) is -0.211. The van der Waals surface area contributed by atoms with Gasteiger partial charge in [0.2, 0.25) is 5.91 Å². The maximum atomic E-state index is 12.5. The van der Waals surface area contributed by atoms with Crippen molar-refractivity contribution in [2.24, 2.45) is 0 Å². The number of carbonyl (C=O) groups is 2. The molecule has 1 aliphatic carbocycles. The summed E-state index contributed by atoms with van der Waals surface area (Å²) in [7, 11) is 0. The number of nitrogens with one attached hydrogen (secondary N) is 2. The zero-order valence-corrected chi connectivity index (χ0v) is 13.3. The Hall–Kier alpha value is -1.69. The molecule has 1 aliphatic heterocycles. The molecule has 2 N–H and O–H groups in total. The van der Waals surface area contributed by atoms with Crippen molar-refractivity contribution in [2.75, 3.05) is 6.54 Å². The summed E-state index contributed by atoms with van der Waals surface area (Å²) in [6, 6.07) is 3.36. The number of nitrogens with zero attached hydrogens (tertiary/aromatic N) is 1. The summed E-state index contributed by atoms with van der Waals surface area (Å²) in [6.07, 6.45) is 8.22. The third kappa shape index (κ3) is 3.06. The second-order valence-electron chi connectivity index (χ2n) is 6.05. The number of likely N-dealkylation sites (tertiary alicyclic amines) is 1. The Morgan fingerprint density at radius 1 is 1.27 bits per heavy atom. The van der Waals surface area contributed by atoms with Crippen molar-refractivity contribution in [1.29, 1.82) is 0 Å². The predicted octanol–water partition coefficient (Wildman–Crippen LogP) is 2.41. The Morgan fingerprint density at radius 3 is 2.77 bits per heavy atom. The highest BCUT2D eigenvalue weighted by Crippen LogP contribution is 2.26. The molecule has 6 heteroatoms. The minimum absolute atomic E-state index is 0.0612. The van der Waals surface area contributed by atoms with E-state index in [1.54, 1.807) is 18.3 Å². The van der Waals surface area contributed by atoms with Crippen molar-refractivity contribution in [2.45, 2.75) is 50.6 Å². The maximum Gasteiger partial charge on any atom is 0.254 e.